The summed E-state index contributed by atoms with van der Waals surface area (Å²) in [5, 5.41) is 0. The van der Waals surface area contributed by atoms with Crippen molar-refractivity contribution < 1.29 is 0 Å². The Labute approximate surface area is 87.8 Å². The molecule has 15 heavy (non-hydrogen) atoms. The van der Waals surface area contributed by atoms with Crippen LogP contribution < -0.4 is 5.73 Å². The number of aromatic nitrogens is 3. The molecule has 0 saturated carbocycles. The Kier molecular flexibility index (Phi) is 1.82. The number of imidazole rings is 1. The average Bonchev–Trinajstić information content (AvgIpc) is 2.72. The first-order valence-electron chi connectivity index (χ1n) is 5.08. The highest BCUT2D eigenvalue weighted by Crippen LogP contribution is 2.28. The van der Waals surface area contributed by atoms with Crippen LogP contribution in [0, 0.1) is 0 Å². The van der Waals surface area contributed by atoms with Crippen LogP contribution in [0.2, 0.25) is 0 Å². The second-order valence-corrected chi connectivity index (χ2v) is 3.70. The maximum absolute atomic E-state index is 5.64. The SMILES string of the molecule is NCc1ncc2n1CCc1ccncc1-2. The summed E-state index contributed by atoms with van der Waals surface area (Å²) in [5.74, 6) is 0.958. The van der Waals surface area contributed by atoms with Crippen LogP contribution in [0.25, 0.3) is 11.3 Å². The molecule has 0 atom stereocenters. The van der Waals surface area contributed by atoms with Crippen LogP contribution >= 0.6 is 0 Å². The zero-order valence-electron chi connectivity index (χ0n) is 8.35. The summed E-state index contributed by atoms with van der Waals surface area (Å²) in [7, 11) is 0. The van der Waals surface area contributed by atoms with Crippen molar-refractivity contribution in [3.63, 3.8) is 0 Å². The molecule has 4 heteroatoms. The van der Waals surface area contributed by atoms with E-state index in [2.05, 4.69) is 20.6 Å². The van der Waals surface area contributed by atoms with Crippen LogP contribution in [0.5, 0.6) is 0 Å². The van der Waals surface area contributed by atoms with E-state index in [-0.39, 0.29) is 0 Å². The molecule has 2 N–H and O–H groups in total. The number of nitrogens with zero attached hydrogens (tertiary/aromatic N) is 3. The lowest BCUT2D eigenvalue weighted by Gasteiger charge is -2.19. The van der Waals surface area contributed by atoms with Gasteiger partial charge in [0.15, 0.2) is 0 Å². The molecule has 0 bridgehead atoms. The second-order valence-electron chi connectivity index (χ2n) is 3.70. The van der Waals surface area contributed by atoms with Gasteiger partial charge in [0.2, 0.25) is 0 Å². The molecule has 1 aliphatic rings. The first kappa shape index (κ1) is 8.61. The normalized spacial score (nSPS) is 13.4. The zero-order valence-corrected chi connectivity index (χ0v) is 8.35. The second kappa shape index (κ2) is 3.17. The van der Waals surface area contributed by atoms with Crippen molar-refractivity contribution in [3.05, 3.63) is 36.0 Å². The van der Waals surface area contributed by atoms with Crippen LogP contribution in [0.15, 0.2) is 24.7 Å². The first-order valence-corrected chi connectivity index (χ1v) is 5.08. The number of nitrogens with two attached hydrogens (primary N) is 1. The minimum Gasteiger partial charge on any atom is -0.327 e. The molecule has 0 fully saturated rings. The van der Waals surface area contributed by atoms with E-state index in [1.807, 2.05) is 18.6 Å². The lowest BCUT2D eigenvalue weighted by atomic mass is 10.0. The van der Waals surface area contributed by atoms with E-state index < -0.39 is 0 Å². The Hall–Kier alpha value is -1.68. The van der Waals surface area contributed by atoms with Gasteiger partial charge in [-0.25, -0.2) is 4.98 Å². The summed E-state index contributed by atoms with van der Waals surface area (Å²) < 4.78 is 2.18. The molecule has 3 rings (SSSR count). The third-order valence-corrected chi connectivity index (χ3v) is 2.91. The fraction of sp³-hybridized carbons (Fsp3) is 0.273. The van der Waals surface area contributed by atoms with E-state index >= 15 is 0 Å². The van der Waals surface area contributed by atoms with Crippen LogP contribution in [0.3, 0.4) is 0 Å². The molecule has 2 aromatic heterocycles. The van der Waals surface area contributed by atoms with Gasteiger partial charge in [0.1, 0.15) is 5.82 Å². The molecule has 0 unspecified atom stereocenters. The topological polar surface area (TPSA) is 56.7 Å². The molecule has 76 valence electrons. The predicted octanol–water partition coefficient (Wildman–Crippen LogP) is 0.960. The monoisotopic (exact) mass is 200 g/mol. The largest absolute Gasteiger partial charge is 0.327 e. The molecule has 1 aliphatic heterocycles. The highest BCUT2D eigenvalue weighted by molar-refractivity contribution is 5.64. The van der Waals surface area contributed by atoms with Gasteiger partial charge in [-0.3, -0.25) is 4.98 Å². The number of pyridine rings is 1. The highest BCUT2D eigenvalue weighted by atomic mass is 15.1. The van der Waals surface area contributed by atoms with Gasteiger partial charge in [0.25, 0.3) is 0 Å². The van der Waals surface area contributed by atoms with Gasteiger partial charge < -0.3 is 10.3 Å². The maximum Gasteiger partial charge on any atom is 0.122 e. The summed E-state index contributed by atoms with van der Waals surface area (Å²) >= 11 is 0. The predicted molar refractivity (Wildman–Crippen MR) is 57.1 cm³/mol. The number of fused-ring (bicyclic) bond motifs is 3. The fourth-order valence-corrected chi connectivity index (χ4v) is 2.15. The van der Waals surface area contributed by atoms with Crippen LogP contribution in [0.4, 0.5) is 0 Å². The van der Waals surface area contributed by atoms with Crippen LogP contribution in [-0.4, -0.2) is 14.5 Å². The lowest BCUT2D eigenvalue weighted by molar-refractivity contribution is 0.642. The molecule has 4 nitrogen and oxygen atoms in total. The molecule has 0 aromatic carbocycles. The van der Waals surface area contributed by atoms with Crippen LogP contribution in [-0.2, 0) is 19.5 Å². The fourth-order valence-electron chi connectivity index (χ4n) is 2.15. The van der Waals surface area contributed by atoms with E-state index in [0.717, 1.165) is 24.5 Å². The molecule has 0 amide bonds. The van der Waals surface area contributed by atoms with Gasteiger partial charge >= 0.3 is 0 Å². The van der Waals surface area contributed by atoms with E-state index in [1.54, 1.807) is 0 Å². The van der Waals surface area contributed by atoms with Crippen molar-refractivity contribution in [3.8, 4) is 11.3 Å². The first-order chi connectivity index (χ1) is 7.40. The Morgan fingerprint density at radius 2 is 2.33 bits per heavy atom. The van der Waals surface area contributed by atoms with Gasteiger partial charge in [-0.05, 0) is 18.1 Å². The van der Waals surface area contributed by atoms with Gasteiger partial charge in [0, 0.05) is 24.5 Å². The number of aryl methyl sites for hydroxylation is 1. The van der Waals surface area contributed by atoms with Gasteiger partial charge in [-0.15, -0.1) is 0 Å². The zero-order chi connectivity index (χ0) is 10.3. The maximum atomic E-state index is 5.64. The quantitative estimate of drug-likeness (QED) is 0.746. The number of rotatable bonds is 1. The van der Waals surface area contributed by atoms with Gasteiger partial charge in [0.05, 0.1) is 18.4 Å². The minimum atomic E-state index is 0.496. The van der Waals surface area contributed by atoms with Gasteiger partial charge in [-0.1, -0.05) is 0 Å². The van der Waals surface area contributed by atoms with Crippen molar-refractivity contribution in [2.75, 3.05) is 0 Å². The summed E-state index contributed by atoms with van der Waals surface area (Å²) in [4.78, 5) is 8.48. The van der Waals surface area contributed by atoms with Crippen LogP contribution in [0.1, 0.15) is 11.4 Å². The Morgan fingerprint density at radius 1 is 1.40 bits per heavy atom. The molecule has 0 saturated heterocycles. The van der Waals surface area contributed by atoms with E-state index in [1.165, 1.54) is 11.1 Å². The smallest absolute Gasteiger partial charge is 0.122 e. The van der Waals surface area contributed by atoms with Crippen molar-refractivity contribution in [2.24, 2.45) is 5.73 Å². The Balaban J connectivity index is 2.22. The van der Waals surface area contributed by atoms with Gasteiger partial charge in [-0.2, -0.15) is 0 Å². The van der Waals surface area contributed by atoms with Crippen molar-refractivity contribution in [2.45, 2.75) is 19.5 Å². The van der Waals surface area contributed by atoms with E-state index in [9.17, 15) is 0 Å². The van der Waals surface area contributed by atoms with Crippen molar-refractivity contribution in [1.82, 2.24) is 14.5 Å². The van der Waals surface area contributed by atoms with Crippen molar-refractivity contribution >= 4 is 0 Å². The molecular weight excluding hydrogens is 188 g/mol. The average molecular weight is 200 g/mol. The van der Waals surface area contributed by atoms with E-state index in [4.69, 9.17) is 5.73 Å². The van der Waals surface area contributed by atoms with Crippen molar-refractivity contribution in [1.29, 1.82) is 0 Å². The number of hydrogen-bond donors (Lipinski definition) is 1. The summed E-state index contributed by atoms with van der Waals surface area (Å²) in [6.07, 6.45) is 6.67. The summed E-state index contributed by atoms with van der Waals surface area (Å²) in [6.45, 7) is 1.47. The summed E-state index contributed by atoms with van der Waals surface area (Å²) in [5.41, 5.74) is 9.32. The summed E-state index contributed by atoms with van der Waals surface area (Å²) in [6, 6.07) is 2.08. The molecular formula is C11H12N4. The third-order valence-electron chi connectivity index (χ3n) is 2.91. The molecule has 0 spiro atoms. The lowest BCUT2D eigenvalue weighted by Crippen LogP contribution is -2.15. The molecule has 0 radical (unpaired) electrons. The minimum absolute atomic E-state index is 0.496. The molecule has 0 aliphatic carbocycles. The standard InChI is InChI=1S/C11H12N4/c12-5-11-14-7-10-9-6-13-3-1-8(9)2-4-15(10)11/h1,3,6-7H,2,4-5,12H2. The Bertz CT molecular complexity index is 501. The number of hydrogen-bond acceptors (Lipinski definition) is 3. The Morgan fingerprint density at radius 3 is 3.20 bits per heavy atom. The molecule has 3 heterocycles. The van der Waals surface area contributed by atoms with E-state index in [0.29, 0.717) is 6.54 Å². The third kappa shape index (κ3) is 1.18. The highest BCUT2D eigenvalue weighted by Gasteiger charge is 2.18. The molecule has 2 aromatic rings.